The molecule has 1 saturated heterocycles. The van der Waals surface area contributed by atoms with Gasteiger partial charge in [-0.2, -0.15) is 5.10 Å². The quantitative estimate of drug-likeness (QED) is 0.872. The Kier molecular flexibility index (Phi) is 7.23. The number of amides is 1. The summed E-state index contributed by atoms with van der Waals surface area (Å²) in [5, 5.41) is 7.98. The predicted molar refractivity (Wildman–Crippen MR) is 107 cm³/mol. The second-order valence-corrected chi connectivity index (χ2v) is 6.92. The Labute approximate surface area is 162 Å². The first-order valence-electron chi connectivity index (χ1n) is 9.11. The number of nitrogens with zero attached hydrogens (tertiary/aromatic N) is 3. The highest BCUT2D eigenvalue weighted by Crippen LogP contribution is 2.17. The number of aromatic nitrogens is 2. The van der Waals surface area contributed by atoms with Crippen molar-refractivity contribution in [2.24, 2.45) is 0 Å². The van der Waals surface area contributed by atoms with E-state index in [1.54, 1.807) is 0 Å². The first kappa shape index (κ1) is 20.5. The third-order valence-corrected chi connectivity index (χ3v) is 5.04. The molecule has 6 heteroatoms. The van der Waals surface area contributed by atoms with Gasteiger partial charge in [-0.15, -0.1) is 12.4 Å². The van der Waals surface area contributed by atoms with Crippen LogP contribution in [-0.2, 0) is 17.8 Å². The van der Waals surface area contributed by atoms with Gasteiger partial charge >= 0.3 is 0 Å². The van der Waals surface area contributed by atoms with E-state index >= 15 is 0 Å². The van der Waals surface area contributed by atoms with Gasteiger partial charge in [0.05, 0.1) is 12.2 Å². The largest absolute Gasteiger partial charge is 0.340 e. The van der Waals surface area contributed by atoms with Gasteiger partial charge in [-0.1, -0.05) is 29.8 Å². The number of rotatable bonds is 5. The van der Waals surface area contributed by atoms with Crippen LogP contribution in [0, 0.1) is 20.8 Å². The van der Waals surface area contributed by atoms with Crippen LogP contribution in [0.4, 0.5) is 0 Å². The molecule has 1 amide bonds. The van der Waals surface area contributed by atoms with E-state index in [2.05, 4.69) is 48.1 Å². The zero-order valence-corrected chi connectivity index (χ0v) is 16.7. The third kappa shape index (κ3) is 4.86. The van der Waals surface area contributed by atoms with E-state index in [1.165, 1.54) is 22.4 Å². The molecule has 0 saturated carbocycles. The molecule has 2 aromatic rings. The average Bonchev–Trinajstić information content (AvgIpc) is 2.89. The van der Waals surface area contributed by atoms with Crippen molar-refractivity contribution < 1.29 is 4.79 Å². The van der Waals surface area contributed by atoms with Crippen LogP contribution in [-0.4, -0.2) is 46.8 Å². The second-order valence-electron chi connectivity index (χ2n) is 6.92. The van der Waals surface area contributed by atoms with Crippen LogP contribution in [0.3, 0.4) is 0 Å². The van der Waals surface area contributed by atoms with Crippen molar-refractivity contribution in [3.05, 3.63) is 52.3 Å². The van der Waals surface area contributed by atoms with E-state index in [0.717, 1.165) is 44.8 Å². The lowest BCUT2D eigenvalue weighted by Gasteiger charge is -2.27. The third-order valence-electron chi connectivity index (χ3n) is 5.04. The smallest absolute Gasteiger partial charge is 0.222 e. The molecule has 0 spiro atoms. The highest BCUT2D eigenvalue weighted by Gasteiger charge is 2.18. The molecule has 0 atom stereocenters. The molecule has 0 bridgehead atoms. The summed E-state index contributed by atoms with van der Waals surface area (Å²) in [6, 6.07) is 8.57. The van der Waals surface area contributed by atoms with Gasteiger partial charge in [-0.05, 0) is 38.3 Å². The molecule has 1 fully saturated rings. The molecular weight excluding hydrogens is 348 g/mol. The fourth-order valence-electron chi connectivity index (χ4n) is 3.42. The lowest BCUT2D eigenvalue weighted by atomic mass is 10.1. The van der Waals surface area contributed by atoms with Crippen molar-refractivity contribution in [3.63, 3.8) is 0 Å². The monoisotopic (exact) mass is 376 g/mol. The minimum Gasteiger partial charge on any atom is -0.340 e. The summed E-state index contributed by atoms with van der Waals surface area (Å²) in [7, 11) is 0. The van der Waals surface area contributed by atoms with Gasteiger partial charge in [0.25, 0.3) is 0 Å². The van der Waals surface area contributed by atoms with Gasteiger partial charge in [0.1, 0.15) is 0 Å². The lowest BCUT2D eigenvalue weighted by Crippen LogP contribution is -2.46. The number of carbonyl (C=O) groups excluding carboxylic acids is 1. The van der Waals surface area contributed by atoms with Crippen molar-refractivity contribution in [1.82, 2.24) is 20.0 Å². The molecule has 142 valence electrons. The second kappa shape index (κ2) is 9.19. The summed E-state index contributed by atoms with van der Waals surface area (Å²) in [6.07, 6.45) is 1.34. The van der Waals surface area contributed by atoms with E-state index < -0.39 is 0 Å². The van der Waals surface area contributed by atoms with E-state index in [1.807, 2.05) is 11.8 Å². The van der Waals surface area contributed by atoms with Crippen LogP contribution in [0.1, 0.15) is 34.5 Å². The molecule has 0 aliphatic carbocycles. The Morgan fingerprint density at radius 1 is 1.12 bits per heavy atom. The number of nitrogens with one attached hydrogen (secondary N) is 1. The van der Waals surface area contributed by atoms with Crippen molar-refractivity contribution in [1.29, 1.82) is 0 Å². The number of aryl methyl sites for hydroxylation is 2. The van der Waals surface area contributed by atoms with Gasteiger partial charge in [-0.3, -0.25) is 9.48 Å². The molecule has 0 unspecified atom stereocenters. The lowest BCUT2D eigenvalue weighted by molar-refractivity contribution is -0.131. The average molecular weight is 377 g/mol. The molecule has 1 N–H and O–H groups in total. The SMILES string of the molecule is Cc1ccc(Cn2nc(C)c(CCC(=O)N3CCNCC3)c2C)cc1.Cl. The molecule has 1 aromatic carbocycles. The highest BCUT2D eigenvalue weighted by atomic mass is 35.5. The zero-order chi connectivity index (χ0) is 17.8. The Bertz CT molecular complexity index is 733. The molecule has 0 radical (unpaired) electrons. The van der Waals surface area contributed by atoms with Gasteiger partial charge in [0, 0.05) is 38.3 Å². The normalized spacial score (nSPS) is 14.2. The summed E-state index contributed by atoms with van der Waals surface area (Å²) >= 11 is 0. The first-order chi connectivity index (χ1) is 12.0. The molecule has 26 heavy (non-hydrogen) atoms. The Morgan fingerprint density at radius 3 is 2.42 bits per heavy atom. The highest BCUT2D eigenvalue weighted by molar-refractivity contribution is 5.85. The van der Waals surface area contributed by atoms with E-state index in [0.29, 0.717) is 6.42 Å². The number of carbonyl (C=O) groups is 1. The zero-order valence-electron chi connectivity index (χ0n) is 15.9. The van der Waals surface area contributed by atoms with Crippen LogP contribution in [0.15, 0.2) is 24.3 Å². The molecule has 1 aliphatic heterocycles. The van der Waals surface area contributed by atoms with Gasteiger partial charge < -0.3 is 10.2 Å². The standard InChI is InChI=1S/C20H28N4O.ClH/c1-15-4-6-18(7-5-15)14-24-17(3)19(16(2)22-24)8-9-20(25)23-12-10-21-11-13-23;/h4-7,21H,8-14H2,1-3H3;1H. The minimum absolute atomic E-state index is 0. The number of halogens is 1. The molecule has 3 rings (SSSR count). The van der Waals surface area contributed by atoms with Gasteiger partial charge in [0.15, 0.2) is 0 Å². The molecule has 2 heterocycles. The minimum atomic E-state index is 0. The van der Waals surface area contributed by atoms with Gasteiger partial charge in [-0.25, -0.2) is 0 Å². The van der Waals surface area contributed by atoms with E-state index in [9.17, 15) is 4.79 Å². The Balaban J connectivity index is 0.00000243. The topological polar surface area (TPSA) is 50.2 Å². The predicted octanol–water partition coefficient (Wildman–Crippen LogP) is 2.64. The fraction of sp³-hybridized carbons (Fsp3) is 0.500. The summed E-state index contributed by atoms with van der Waals surface area (Å²) in [4.78, 5) is 14.4. The molecule has 5 nitrogen and oxygen atoms in total. The summed E-state index contributed by atoms with van der Waals surface area (Å²) in [5.74, 6) is 0.256. The fourth-order valence-corrected chi connectivity index (χ4v) is 3.42. The Morgan fingerprint density at radius 2 is 1.77 bits per heavy atom. The maximum atomic E-state index is 12.4. The van der Waals surface area contributed by atoms with Crippen molar-refractivity contribution in [2.75, 3.05) is 26.2 Å². The molecule has 1 aliphatic rings. The summed E-state index contributed by atoms with van der Waals surface area (Å²) in [5.41, 5.74) is 5.95. The van der Waals surface area contributed by atoms with Crippen molar-refractivity contribution in [3.8, 4) is 0 Å². The maximum Gasteiger partial charge on any atom is 0.222 e. The van der Waals surface area contributed by atoms with Crippen LogP contribution in [0.2, 0.25) is 0 Å². The van der Waals surface area contributed by atoms with Crippen LogP contribution >= 0.6 is 12.4 Å². The maximum absolute atomic E-state index is 12.4. The number of piperazine rings is 1. The number of hydrogen-bond acceptors (Lipinski definition) is 3. The summed E-state index contributed by atoms with van der Waals surface area (Å²) in [6.45, 7) is 10.5. The number of hydrogen-bond donors (Lipinski definition) is 1. The van der Waals surface area contributed by atoms with Gasteiger partial charge in [0.2, 0.25) is 5.91 Å². The summed E-state index contributed by atoms with van der Waals surface area (Å²) < 4.78 is 2.06. The van der Waals surface area contributed by atoms with E-state index in [4.69, 9.17) is 5.10 Å². The van der Waals surface area contributed by atoms with Crippen LogP contribution in [0.5, 0.6) is 0 Å². The van der Waals surface area contributed by atoms with Crippen molar-refractivity contribution >= 4 is 18.3 Å². The molecule has 1 aromatic heterocycles. The van der Waals surface area contributed by atoms with Crippen LogP contribution in [0.25, 0.3) is 0 Å². The van der Waals surface area contributed by atoms with Crippen LogP contribution < -0.4 is 5.32 Å². The van der Waals surface area contributed by atoms with E-state index in [-0.39, 0.29) is 18.3 Å². The van der Waals surface area contributed by atoms with Crippen molar-refractivity contribution in [2.45, 2.75) is 40.2 Å². The first-order valence-corrected chi connectivity index (χ1v) is 9.11. The Hall–Kier alpha value is -1.85. The molecular formula is C20H29ClN4O. The number of benzene rings is 1.